The fraction of sp³-hybridized carbons (Fsp3) is 0.0952. The lowest BCUT2D eigenvalue weighted by Crippen LogP contribution is -2.12. The van der Waals surface area contributed by atoms with Gasteiger partial charge in [-0.25, -0.2) is 0 Å². The number of Topliss-reactive ketones (excluding diaryl/α,β-unsaturated/α-hetero) is 1. The molecule has 0 aliphatic rings. The number of pyridine rings is 1. The maximum atomic E-state index is 12.5. The molecule has 3 aromatic rings. The Labute approximate surface area is 157 Å². The molecule has 0 saturated carbocycles. The molecule has 0 aliphatic heterocycles. The van der Waals surface area contributed by atoms with Gasteiger partial charge in [0.05, 0.1) is 24.6 Å². The number of carbonyl (C=O) groups excluding carboxylic acids is 2. The van der Waals surface area contributed by atoms with Gasteiger partial charge in [0.2, 0.25) is 0 Å². The lowest BCUT2D eigenvalue weighted by molar-refractivity contribution is 0.101. The lowest BCUT2D eigenvalue weighted by Gasteiger charge is -2.10. The molecule has 0 spiro atoms. The Morgan fingerprint density at radius 3 is 2.33 bits per heavy atom. The second-order valence-electron chi connectivity index (χ2n) is 5.91. The van der Waals surface area contributed by atoms with E-state index in [1.54, 1.807) is 61.8 Å². The first kappa shape index (κ1) is 18.1. The van der Waals surface area contributed by atoms with E-state index in [1.807, 2.05) is 6.07 Å². The molecule has 0 aliphatic carbocycles. The van der Waals surface area contributed by atoms with E-state index in [-0.39, 0.29) is 11.7 Å². The summed E-state index contributed by atoms with van der Waals surface area (Å²) >= 11 is 0. The number of benzene rings is 2. The summed E-state index contributed by atoms with van der Waals surface area (Å²) < 4.78 is 5.10. The minimum Gasteiger partial charge on any atom is -0.497 e. The van der Waals surface area contributed by atoms with Crippen molar-refractivity contribution in [1.29, 1.82) is 0 Å². The number of rotatable bonds is 6. The van der Waals surface area contributed by atoms with Gasteiger partial charge in [-0.2, -0.15) is 0 Å². The fourth-order valence-electron chi connectivity index (χ4n) is 2.49. The third-order valence-corrected chi connectivity index (χ3v) is 3.91. The van der Waals surface area contributed by atoms with Crippen LogP contribution in [0.4, 0.5) is 17.1 Å². The Morgan fingerprint density at radius 2 is 1.63 bits per heavy atom. The van der Waals surface area contributed by atoms with E-state index >= 15 is 0 Å². The molecule has 3 rings (SSSR count). The Balaban J connectivity index is 1.73. The minimum absolute atomic E-state index is 0.00982. The van der Waals surface area contributed by atoms with E-state index in [0.717, 1.165) is 5.69 Å². The van der Waals surface area contributed by atoms with E-state index in [9.17, 15) is 9.59 Å². The molecular weight excluding hydrogens is 342 g/mol. The molecule has 0 unspecified atom stereocenters. The maximum absolute atomic E-state index is 12.5. The summed E-state index contributed by atoms with van der Waals surface area (Å²) in [4.78, 5) is 28.1. The number of nitrogens with zero attached hydrogens (tertiary/aromatic N) is 1. The molecule has 6 nitrogen and oxygen atoms in total. The van der Waals surface area contributed by atoms with Gasteiger partial charge >= 0.3 is 0 Å². The van der Waals surface area contributed by atoms with Gasteiger partial charge in [0, 0.05) is 23.1 Å². The Kier molecular flexibility index (Phi) is 5.47. The molecule has 0 radical (unpaired) electrons. The lowest BCUT2D eigenvalue weighted by atomic mass is 10.1. The third kappa shape index (κ3) is 4.70. The van der Waals surface area contributed by atoms with Crippen LogP contribution in [0.5, 0.6) is 5.75 Å². The topological polar surface area (TPSA) is 80.3 Å². The van der Waals surface area contributed by atoms with Crippen molar-refractivity contribution in [1.82, 2.24) is 4.98 Å². The van der Waals surface area contributed by atoms with Crippen molar-refractivity contribution in [3.8, 4) is 5.75 Å². The van der Waals surface area contributed by atoms with Crippen molar-refractivity contribution in [3.05, 3.63) is 78.1 Å². The first-order valence-electron chi connectivity index (χ1n) is 8.33. The molecule has 1 heterocycles. The zero-order chi connectivity index (χ0) is 19.2. The highest BCUT2D eigenvalue weighted by Gasteiger charge is 2.08. The SMILES string of the molecule is COc1ccc(NC(=O)c2cncc(Nc3cccc(C(C)=O)c3)c2)cc1. The monoisotopic (exact) mass is 361 g/mol. The van der Waals surface area contributed by atoms with Crippen LogP contribution in [0, 0.1) is 0 Å². The van der Waals surface area contributed by atoms with Crippen LogP contribution < -0.4 is 15.4 Å². The number of nitrogens with one attached hydrogen (secondary N) is 2. The van der Waals surface area contributed by atoms with Crippen LogP contribution in [0.25, 0.3) is 0 Å². The van der Waals surface area contributed by atoms with Crippen molar-refractivity contribution in [2.24, 2.45) is 0 Å². The molecule has 0 atom stereocenters. The summed E-state index contributed by atoms with van der Waals surface area (Å²) in [6, 6.07) is 15.9. The van der Waals surface area contributed by atoms with E-state index in [2.05, 4.69) is 15.6 Å². The number of methoxy groups -OCH3 is 1. The summed E-state index contributed by atoms with van der Waals surface area (Å²) in [6.07, 6.45) is 3.11. The van der Waals surface area contributed by atoms with Crippen LogP contribution >= 0.6 is 0 Å². The molecule has 0 saturated heterocycles. The molecule has 6 heteroatoms. The Bertz CT molecular complexity index is 968. The normalized spacial score (nSPS) is 10.1. The average Bonchev–Trinajstić information content (AvgIpc) is 2.69. The number of anilines is 3. The van der Waals surface area contributed by atoms with Crippen LogP contribution in [0.3, 0.4) is 0 Å². The van der Waals surface area contributed by atoms with E-state index in [4.69, 9.17) is 4.74 Å². The van der Waals surface area contributed by atoms with Gasteiger partial charge in [-0.05, 0) is 49.4 Å². The van der Waals surface area contributed by atoms with Gasteiger partial charge in [-0.15, -0.1) is 0 Å². The molecular formula is C21H19N3O3. The van der Waals surface area contributed by atoms with Gasteiger partial charge in [0.25, 0.3) is 5.91 Å². The average molecular weight is 361 g/mol. The van der Waals surface area contributed by atoms with Gasteiger partial charge in [0.1, 0.15) is 5.75 Å². The number of amides is 1. The van der Waals surface area contributed by atoms with Gasteiger partial charge in [-0.1, -0.05) is 12.1 Å². The first-order valence-corrected chi connectivity index (χ1v) is 8.33. The maximum Gasteiger partial charge on any atom is 0.257 e. The second-order valence-corrected chi connectivity index (χ2v) is 5.91. The van der Waals surface area contributed by atoms with Crippen LogP contribution in [-0.2, 0) is 0 Å². The van der Waals surface area contributed by atoms with Gasteiger partial charge < -0.3 is 15.4 Å². The predicted octanol–water partition coefficient (Wildman–Crippen LogP) is 4.29. The predicted molar refractivity (Wildman–Crippen MR) is 105 cm³/mol. The zero-order valence-electron chi connectivity index (χ0n) is 15.0. The first-order chi connectivity index (χ1) is 13.0. The van der Waals surface area contributed by atoms with E-state index < -0.39 is 0 Å². The molecule has 136 valence electrons. The van der Waals surface area contributed by atoms with Crippen molar-refractivity contribution < 1.29 is 14.3 Å². The van der Waals surface area contributed by atoms with Crippen LogP contribution in [0.2, 0.25) is 0 Å². The molecule has 0 fully saturated rings. The Hall–Kier alpha value is -3.67. The largest absolute Gasteiger partial charge is 0.497 e. The summed E-state index contributed by atoms with van der Waals surface area (Å²) in [5, 5.41) is 5.98. The number of hydrogen-bond donors (Lipinski definition) is 2. The van der Waals surface area contributed by atoms with Crippen molar-refractivity contribution in [2.45, 2.75) is 6.92 Å². The summed E-state index contributed by atoms with van der Waals surface area (Å²) in [5.41, 5.74) is 3.09. The zero-order valence-corrected chi connectivity index (χ0v) is 15.0. The molecule has 27 heavy (non-hydrogen) atoms. The molecule has 2 aromatic carbocycles. The Morgan fingerprint density at radius 1 is 0.889 bits per heavy atom. The number of aromatic nitrogens is 1. The van der Waals surface area contributed by atoms with Gasteiger partial charge in [-0.3, -0.25) is 14.6 Å². The highest BCUT2D eigenvalue weighted by molar-refractivity contribution is 6.04. The van der Waals surface area contributed by atoms with Crippen molar-refractivity contribution in [3.63, 3.8) is 0 Å². The molecule has 1 amide bonds. The smallest absolute Gasteiger partial charge is 0.257 e. The quantitative estimate of drug-likeness (QED) is 0.640. The van der Waals surface area contributed by atoms with E-state index in [0.29, 0.717) is 28.3 Å². The number of ether oxygens (including phenoxy) is 1. The summed E-state index contributed by atoms with van der Waals surface area (Å²) in [7, 11) is 1.59. The van der Waals surface area contributed by atoms with Crippen LogP contribution in [0.15, 0.2) is 67.0 Å². The molecule has 2 N–H and O–H groups in total. The second kappa shape index (κ2) is 8.14. The molecule has 0 bridgehead atoms. The third-order valence-electron chi connectivity index (χ3n) is 3.91. The fourth-order valence-corrected chi connectivity index (χ4v) is 2.49. The standard InChI is InChI=1S/C21H19N3O3/c1-14(25)15-4-3-5-18(10-15)23-19-11-16(12-22-13-19)21(26)24-17-6-8-20(27-2)9-7-17/h3-13,23H,1-2H3,(H,24,26). The highest BCUT2D eigenvalue weighted by Crippen LogP contribution is 2.20. The number of ketones is 1. The van der Waals surface area contributed by atoms with Crippen LogP contribution in [0.1, 0.15) is 27.6 Å². The number of carbonyl (C=O) groups is 2. The number of hydrogen-bond acceptors (Lipinski definition) is 5. The minimum atomic E-state index is -0.270. The van der Waals surface area contributed by atoms with Crippen molar-refractivity contribution >= 4 is 28.8 Å². The van der Waals surface area contributed by atoms with E-state index in [1.165, 1.54) is 13.1 Å². The van der Waals surface area contributed by atoms with Crippen molar-refractivity contribution in [2.75, 3.05) is 17.7 Å². The van der Waals surface area contributed by atoms with Gasteiger partial charge in [0.15, 0.2) is 5.78 Å². The summed E-state index contributed by atoms with van der Waals surface area (Å²) in [6.45, 7) is 1.52. The van der Waals surface area contributed by atoms with Crippen LogP contribution in [-0.4, -0.2) is 23.8 Å². The molecule has 1 aromatic heterocycles. The highest BCUT2D eigenvalue weighted by atomic mass is 16.5. The summed E-state index contributed by atoms with van der Waals surface area (Å²) in [5.74, 6) is 0.437.